The minimum absolute atomic E-state index is 0.0973. The van der Waals surface area contributed by atoms with Crippen molar-refractivity contribution < 1.29 is 9.84 Å². The van der Waals surface area contributed by atoms with Crippen LogP contribution >= 0.6 is 0 Å². The number of ether oxygens (including phenoxy) is 1. The van der Waals surface area contributed by atoms with E-state index in [1.165, 1.54) is 18.9 Å². The van der Waals surface area contributed by atoms with Crippen molar-refractivity contribution in [3.63, 3.8) is 0 Å². The van der Waals surface area contributed by atoms with E-state index in [2.05, 4.69) is 4.90 Å². The lowest BCUT2D eigenvalue weighted by atomic mass is 10.2. The molecular weight excluding hydrogens is 256 g/mol. The van der Waals surface area contributed by atoms with Gasteiger partial charge in [-0.1, -0.05) is 0 Å². The van der Waals surface area contributed by atoms with E-state index in [1.807, 2.05) is 11.5 Å². The Hall–Kier alpha value is -1.33. The molecule has 0 bridgehead atoms. The second-order valence-electron chi connectivity index (χ2n) is 5.43. The number of aromatic nitrogens is 1. The van der Waals surface area contributed by atoms with Gasteiger partial charge in [-0.25, -0.2) is 0 Å². The summed E-state index contributed by atoms with van der Waals surface area (Å²) in [4.78, 5) is 14.1. The summed E-state index contributed by atoms with van der Waals surface area (Å²) < 4.78 is 7.13. The lowest BCUT2D eigenvalue weighted by molar-refractivity contribution is 0.189. The van der Waals surface area contributed by atoms with Gasteiger partial charge in [-0.05, 0) is 39.3 Å². The number of pyridine rings is 1. The van der Waals surface area contributed by atoms with E-state index in [0.717, 1.165) is 37.4 Å². The molecule has 0 spiro atoms. The minimum Gasteiger partial charge on any atom is -0.503 e. The first-order valence-corrected chi connectivity index (χ1v) is 7.27. The molecule has 1 aromatic heterocycles. The molecule has 0 radical (unpaired) electrons. The molecule has 0 unspecified atom stereocenters. The average Bonchev–Trinajstić information content (AvgIpc) is 2.92. The zero-order valence-electron chi connectivity index (χ0n) is 12.4. The van der Waals surface area contributed by atoms with Crippen LogP contribution < -0.4 is 5.43 Å². The fourth-order valence-corrected chi connectivity index (χ4v) is 2.81. The first-order chi connectivity index (χ1) is 9.63. The van der Waals surface area contributed by atoms with Crippen molar-refractivity contribution in [3.8, 4) is 5.75 Å². The minimum atomic E-state index is -0.278. The number of nitrogens with zero attached hydrogens (tertiary/aromatic N) is 2. The Morgan fingerprint density at radius 1 is 1.35 bits per heavy atom. The number of hydrogen-bond donors (Lipinski definition) is 1. The van der Waals surface area contributed by atoms with E-state index in [9.17, 15) is 9.90 Å². The van der Waals surface area contributed by atoms with Gasteiger partial charge in [0.05, 0.1) is 5.69 Å². The van der Waals surface area contributed by atoms with Crippen LogP contribution in [0.4, 0.5) is 0 Å². The second-order valence-corrected chi connectivity index (χ2v) is 5.43. The third-order valence-electron chi connectivity index (χ3n) is 3.90. The van der Waals surface area contributed by atoms with Crippen molar-refractivity contribution in [1.82, 2.24) is 9.47 Å². The molecule has 0 atom stereocenters. The van der Waals surface area contributed by atoms with Gasteiger partial charge < -0.3 is 14.4 Å². The summed E-state index contributed by atoms with van der Waals surface area (Å²) in [6.07, 6.45) is 3.26. The van der Waals surface area contributed by atoms with E-state index in [4.69, 9.17) is 4.74 Å². The van der Waals surface area contributed by atoms with Gasteiger partial charge in [-0.15, -0.1) is 0 Å². The Labute approximate surface area is 119 Å². The lowest BCUT2D eigenvalue weighted by Crippen LogP contribution is -2.25. The molecule has 0 aliphatic carbocycles. The van der Waals surface area contributed by atoms with Gasteiger partial charge in [0.2, 0.25) is 5.43 Å². The first kappa shape index (κ1) is 15.1. The molecule has 1 saturated heterocycles. The van der Waals surface area contributed by atoms with Gasteiger partial charge in [0.25, 0.3) is 0 Å². The molecule has 1 aliphatic heterocycles. The van der Waals surface area contributed by atoms with Crippen LogP contribution in [0.3, 0.4) is 0 Å². The van der Waals surface area contributed by atoms with Crippen LogP contribution in [0, 0.1) is 6.92 Å². The molecule has 1 aliphatic rings. The van der Waals surface area contributed by atoms with Gasteiger partial charge in [-0.2, -0.15) is 0 Å². The summed E-state index contributed by atoms with van der Waals surface area (Å²) in [7, 11) is 1.68. The van der Waals surface area contributed by atoms with E-state index in [0.29, 0.717) is 13.2 Å². The van der Waals surface area contributed by atoms with Gasteiger partial charge in [0.15, 0.2) is 5.75 Å². The Bertz CT molecular complexity index is 505. The van der Waals surface area contributed by atoms with Crippen LogP contribution in [0.25, 0.3) is 0 Å². The monoisotopic (exact) mass is 280 g/mol. The van der Waals surface area contributed by atoms with Crippen LogP contribution in [-0.4, -0.2) is 41.4 Å². The third-order valence-corrected chi connectivity index (χ3v) is 3.90. The Balaban J connectivity index is 2.26. The summed E-state index contributed by atoms with van der Waals surface area (Å²) >= 11 is 0. The molecule has 1 fully saturated rings. The normalized spacial score (nSPS) is 15.9. The number of aromatic hydroxyl groups is 1. The summed E-state index contributed by atoms with van der Waals surface area (Å²) in [6.45, 7) is 6.09. The molecule has 1 N–H and O–H groups in total. The van der Waals surface area contributed by atoms with Crippen molar-refractivity contribution >= 4 is 0 Å². The lowest BCUT2D eigenvalue weighted by Gasteiger charge is -2.22. The maximum atomic E-state index is 11.8. The first-order valence-electron chi connectivity index (χ1n) is 7.27. The third kappa shape index (κ3) is 3.41. The van der Waals surface area contributed by atoms with Crippen molar-refractivity contribution in [2.75, 3.05) is 26.8 Å². The van der Waals surface area contributed by atoms with E-state index < -0.39 is 0 Å². The molecule has 5 nitrogen and oxygen atoms in total. The van der Waals surface area contributed by atoms with Gasteiger partial charge in [0, 0.05) is 38.6 Å². The number of hydrogen-bond acceptors (Lipinski definition) is 4. The Morgan fingerprint density at radius 3 is 2.70 bits per heavy atom. The number of likely N-dealkylation sites (tertiary alicyclic amines) is 1. The van der Waals surface area contributed by atoms with Crippen molar-refractivity contribution in [1.29, 1.82) is 0 Å². The molecule has 1 aromatic rings. The van der Waals surface area contributed by atoms with Crippen LogP contribution in [0.5, 0.6) is 5.75 Å². The van der Waals surface area contributed by atoms with Crippen LogP contribution in [0.1, 0.15) is 30.7 Å². The summed E-state index contributed by atoms with van der Waals surface area (Å²) in [5.74, 6) is -0.0973. The Kier molecular flexibility index (Phi) is 5.20. The highest BCUT2D eigenvalue weighted by Crippen LogP contribution is 2.20. The standard InChI is InChI=1S/C15H24N2O3/c1-12-10-14(18)15(19)13(11-16-6-3-4-7-16)17(12)8-5-9-20-2/h10,19H,3-9,11H2,1-2H3. The molecule has 2 rings (SSSR count). The number of rotatable bonds is 6. The average molecular weight is 280 g/mol. The zero-order valence-corrected chi connectivity index (χ0v) is 12.4. The molecule has 112 valence electrons. The Morgan fingerprint density at radius 2 is 2.05 bits per heavy atom. The predicted molar refractivity (Wildman–Crippen MR) is 78.1 cm³/mol. The molecule has 0 saturated carbocycles. The molecule has 5 heteroatoms. The summed E-state index contributed by atoms with van der Waals surface area (Å²) in [5, 5.41) is 10.1. The highest BCUT2D eigenvalue weighted by Gasteiger charge is 2.18. The molecule has 20 heavy (non-hydrogen) atoms. The van der Waals surface area contributed by atoms with Crippen molar-refractivity contribution in [2.45, 2.75) is 39.3 Å². The maximum absolute atomic E-state index is 11.8. The van der Waals surface area contributed by atoms with Crippen molar-refractivity contribution in [2.24, 2.45) is 0 Å². The highest BCUT2D eigenvalue weighted by atomic mass is 16.5. The quantitative estimate of drug-likeness (QED) is 0.802. The zero-order chi connectivity index (χ0) is 14.5. The van der Waals surface area contributed by atoms with E-state index in [-0.39, 0.29) is 11.2 Å². The van der Waals surface area contributed by atoms with Crippen LogP contribution in [0.15, 0.2) is 10.9 Å². The SMILES string of the molecule is COCCCn1c(C)cc(=O)c(O)c1CN1CCCC1. The van der Waals surface area contributed by atoms with E-state index in [1.54, 1.807) is 7.11 Å². The fraction of sp³-hybridized carbons (Fsp3) is 0.667. The largest absolute Gasteiger partial charge is 0.503 e. The molecule has 0 aromatic carbocycles. The van der Waals surface area contributed by atoms with Crippen molar-refractivity contribution in [3.05, 3.63) is 27.7 Å². The van der Waals surface area contributed by atoms with Crippen LogP contribution in [0.2, 0.25) is 0 Å². The summed E-state index contributed by atoms with van der Waals surface area (Å²) in [6, 6.07) is 1.51. The summed E-state index contributed by atoms with van der Waals surface area (Å²) in [5.41, 5.74) is 1.37. The molecule has 2 heterocycles. The van der Waals surface area contributed by atoms with Gasteiger partial charge >= 0.3 is 0 Å². The topological polar surface area (TPSA) is 54.7 Å². The predicted octanol–water partition coefficient (Wildman–Crippen LogP) is 1.49. The molecular formula is C15H24N2O3. The number of methoxy groups -OCH3 is 1. The second kappa shape index (κ2) is 6.90. The van der Waals surface area contributed by atoms with E-state index >= 15 is 0 Å². The van der Waals surface area contributed by atoms with Crippen LogP contribution in [-0.2, 0) is 17.8 Å². The fourth-order valence-electron chi connectivity index (χ4n) is 2.81. The molecule has 0 amide bonds. The number of aryl methyl sites for hydroxylation is 1. The smallest absolute Gasteiger partial charge is 0.223 e. The van der Waals surface area contributed by atoms with Gasteiger partial charge in [0.1, 0.15) is 0 Å². The maximum Gasteiger partial charge on any atom is 0.223 e. The highest BCUT2D eigenvalue weighted by molar-refractivity contribution is 5.29. The van der Waals surface area contributed by atoms with Gasteiger partial charge in [-0.3, -0.25) is 9.69 Å².